The predicted molar refractivity (Wildman–Crippen MR) is 312 cm³/mol. The molecule has 0 amide bonds. The van der Waals surface area contributed by atoms with Crippen molar-refractivity contribution in [2.45, 2.75) is 231 Å². The first-order valence-electron chi connectivity index (χ1n) is 29.3. The lowest BCUT2D eigenvalue weighted by Gasteiger charge is -2.43. The molecule has 4 rings (SSSR count). The van der Waals surface area contributed by atoms with Gasteiger partial charge in [-0.25, -0.2) is 0 Å². The summed E-state index contributed by atoms with van der Waals surface area (Å²) in [7, 11) is -3.04. The molecule has 400 valence electrons. The van der Waals surface area contributed by atoms with E-state index in [0.29, 0.717) is 32.0 Å². The van der Waals surface area contributed by atoms with Gasteiger partial charge in [0.1, 0.15) is 13.2 Å². The molecule has 4 aromatic carbocycles. The van der Waals surface area contributed by atoms with E-state index in [1.165, 1.54) is 141 Å². The average Bonchev–Trinajstić information content (AvgIpc) is 3.41. The molecule has 73 heavy (non-hydrogen) atoms. The number of esters is 2. The summed E-state index contributed by atoms with van der Waals surface area (Å²) in [6, 6.07) is 41.0. The molecule has 0 fully saturated rings. The molecule has 0 atom stereocenters. The number of carbonyl (C=O) groups excluding carboxylic acids is 2. The lowest BCUT2D eigenvalue weighted by molar-refractivity contribution is -0.146. The Bertz CT molecular complexity index is 1880. The average molecular weight is 1010 g/mol. The van der Waals surface area contributed by atoms with Crippen molar-refractivity contribution in [3.63, 3.8) is 0 Å². The fourth-order valence-electron chi connectivity index (χ4n) is 10.5. The second-order valence-electron chi connectivity index (χ2n) is 21.6. The third-order valence-corrected chi connectivity index (χ3v) is 19.5. The van der Waals surface area contributed by atoms with Gasteiger partial charge in [-0.2, -0.15) is 0 Å². The highest BCUT2D eigenvalue weighted by atomic mass is 28.4. The highest BCUT2D eigenvalue weighted by Gasteiger charge is 2.50. The summed E-state index contributed by atoms with van der Waals surface area (Å²) in [6.07, 6.45) is 45.9. The maximum absolute atomic E-state index is 13.0. The van der Waals surface area contributed by atoms with Gasteiger partial charge in [0, 0.05) is 12.8 Å². The lowest BCUT2D eigenvalue weighted by atomic mass is 9.87. The van der Waals surface area contributed by atoms with Crippen molar-refractivity contribution < 1.29 is 23.9 Å². The van der Waals surface area contributed by atoms with E-state index in [4.69, 9.17) is 9.47 Å². The van der Waals surface area contributed by atoms with E-state index in [1.807, 2.05) is 60.7 Å². The number of allylic oxidation sites excluding steroid dienone is 4. The molecule has 0 aliphatic heterocycles. The smallest absolute Gasteiger partial charge is 0.306 e. The summed E-state index contributed by atoms with van der Waals surface area (Å²) < 4.78 is 10.8. The minimum Gasteiger partial charge on any atom is -0.461 e. The molecule has 0 saturated heterocycles. The Labute approximate surface area is 446 Å². The molecule has 0 unspecified atom stereocenters. The maximum Gasteiger partial charge on any atom is 0.306 e. The van der Waals surface area contributed by atoms with Gasteiger partial charge in [-0.15, -0.1) is 0 Å². The molecule has 6 heteroatoms. The highest BCUT2D eigenvalue weighted by molar-refractivity contribution is 6.98. The van der Waals surface area contributed by atoms with Crippen molar-refractivity contribution in [1.29, 1.82) is 0 Å². The van der Waals surface area contributed by atoms with Gasteiger partial charge < -0.3 is 14.3 Å². The zero-order valence-corrected chi connectivity index (χ0v) is 46.8. The minimum absolute atomic E-state index is 0.0849. The molecule has 0 heterocycles. The number of unbranched alkanes of at least 4 members (excludes halogenated alkanes) is 22. The largest absolute Gasteiger partial charge is 0.461 e. The van der Waals surface area contributed by atoms with Crippen molar-refractivity contribution in [2.24, 2.45) is 5.92 Å². The molecule has 1 N–H and O–H groups in total. The van der Waals surface area contributed by atoms with Gasteiger partial charge in [0.05, 0.1) is 0 Å². The fraction of sp³-hybridized carbons (Fsp3) is 0.552. The Morgan fingerprint density at radius 2 is 0.712 bits per heavy atom. The summed E-state index contributed by atoms with van der Waals surface area (Å²) in [6.45, 7) is 5.48. The first kappa shape index (κ1) is 61.0. The number of benzene rings is 4. The van der Waals surface area contributed by atoms with E-state index >= 15 is 0 Å². The molecule has 0 aliphatic carbocycles. The number of rotatable bonds is 43. The Morgan fingerprint density at radius 1 is 0.425 bits per heavy atom. The van der Waals surface area contributed by atoms with Crippen molar-refractivity contribution in [2.75, 3.05) is 0 Å². The standard InChI is InChI=1S/C67H98O5Si/c1-67(2,73(70,63-51-39-31-40-52-63)64-53-41-32-42-54-64)57-60(45-33-25-21-17-13-9-5-3-7-11-15-19-23-27-43-55-65(68)71-58-61-47-35-29-36-48-61)46-34-26-22-18-14-10-6-4-8-12-16-20-24-28-44-56-66(69)72-59-62-49-37-30-38-50-62/h3-4,7-8,29-32,35-42,47-54,60,70H,5-6,9-28,33-34,43-46,55-59H2,1-2H3/b7-3-,8-4-. The van der Waals surface area contributed by atoms with Crippen molar-refractivity contribution in [3.05, 3.63) is 157 Å². The predicted octanol–water partition coefficient (Wildman–Crippen LogP) is 17.8. The Morgan fingerprint density at radius 3 is 1.05 bits per heavy atom. The van der Waals surface area contributed by atoms with E-state index in [-0.39, 0.29) is 17.0 Å². The van der Waals surface area contributed by atoms with E-state index in [9.17, 15) is 14.4 Å². The van der Waals surface area contributed by atoms with Crippen molar-refractivity contribution in [3.8, 4) is 0 Å². The van der Waals surface area contributed by atoms with Gasteiger partial charge in [-0.1, -0.05) is 275 Å². The third-order valence-electron chi connectivity index (χ3n) is 14.9. The van der Waals surface area contributed by atoms with E-state index in [1.54, 1.807) is 0 Å². The molecule has 0 bridgehead atoms. The van der Waals surface area contributed by atoms with Gasteiger partial charge in [0.15, 0.2) is 0 Å². The number of hydrogen-bond acceptors (Lipinski definition) is 5. The second kappa shape index (κ2) is 39.0. The van der Waals surface area contributed by atoms with Gasteiger partial charge in [0.2, 0.25) is 0 Å². The van der Waals surface area contributed by atoms with Crippen molar-refractivity contribution in [1.82, 2.24) is 0 Å². The number of ether oxygens (including phenoxy) is 2. The fourth-order valence-corrected chi connectivity index (χ4v) is 14.4. The third kappa shape index (κ3) is 27.0. The Kier molecular flexibility index (Phi) is 32.6. The van der Waals surface area contributed by atoms with Crippen LogP contribution in [0.3, 0.4) is 0 Å². The zero-order valence-electron chi connectivity index (χ0n) is 45.8. The Balaban J connectivity index is 1.05. The van der Waals surface area contributed by atoms with E-state index in [2.05, 4.69) is 98.8 Å². The van der Waals surface area contributed by atoms with Crippen LogP contribution in [0.4, 0.5) is 0 Å². The minimum atomic E-state index is -3.04. The molecule has 0 saturated carbocycles. The topological polar surface area (TPSA) is 72.8 Å². The van der Waals surface area contributed by atoms with Crippen LogP contribution in [0, 0.1) is 5.92 Å². The molecular weight excluding hydrogens is 913 g/mol. The SMILES string of the molecule is CC(C)(CC(CCCCCCCC/C=C\CCCCCCCC(=O)OCc1ccccc1)CCCCCCCC/C=C\CCCCCCCC(=O)OCc1ccccc1)[Si](O)(c1ccccc1)c1ccccc1. The van der Waals surface area contributed by atoms with Crippen LogP contribution in [0.15, 0.2) is 146 Å². The van der Waals surface area contributed by atoms with Gasteiger partial charge in [-0.3, -0.25) is 9.59 Å². The molecule has 0 aliphatic rings. The van der Waals surface area contributed by atoms with Crippen LogP contribution in [0.5, 0.6) is 0 Å². The lowest BCUT2D eigenvalue weighted by Crippen LogP contribution is -2.65. The van der Waals surface area contributed by atoms with Gasteiger partial charge in [0.25, 0.3) is 8.32 Å². The van der Waals surface area contributed by atoms with Crippen LogP contribution in [-0.4, -0.2) is 25.1 Å². The number of carbonyl (C=O) groups is 2. The van der Waals surface area contributed by atoms with Crippen LogP contribution in [0.1, 0.15) is 224 Å². The maximum atomic E-state index is 13.0. The summed E-state index contributed by atoms with van der Waals surface area (Å²) in [5.41, 5.74) is 2.08. The van der Waals surface area contributed by atoms with Crippen LogP contribution >= 0.6 is 0 Å². The highest BCUT2D eigenvalue weighted by Crippen LogP contribution is 2.44. The molecule has 4 aromatic rings. The molecular formula is C67H98O5Si. The Hall–Kier alpha value is -4.52. The van der Waals surface area contributed by atoms with Gasteiger partial charge in [-0.05, 0) is 103 Å². The monoisotopic (exact) mass is 1010 g/mol. The second-order valence-corrected chi connectivity index (χ2v) is 25.6. The first-order valence-corrected chi connectivity index (χ1v) is 31.2. The zero-order chi connectivity index (χ0) is 51.8. The van der Waals surface area contributed by atoms with Crippen LogP contribution in [-0.2, 0) is 32.3 Å². The van der Waals surface area contributed by atoms with E-state index in [0.717, 1.165) is 66.4 Å². The number of hydrogen-bond donors (Lipinski definition) is 1. The van der Waals surface area contributed by atoms with Crippen molar-refractivity contribution >= 4 is 30.6 Å². The van der Waals surface area contributed by atoms with Crippen LogP contribution in [0.25, 0.3) is 0 Å². The molecule has 0 spiro atoms. The normalized spacial score (nSPS) is 12.1. The van der Waals surface area contributed by atoms with Gasteiger partial charge >= 0.3 is 11.9 Å². The first-order chi connectivity index (χ1) is 35.8. The quantitative estimate of drug-likeness (QED) is 0.0207. The summed E-state index contributed by atoms with van der Waals surface area (Å²) in [5, 5.41) is 2.04. The van der Waals surface area contributed by atoms with Crippen LogP contribution < -0.4 is 10.4 Å². The van der Waals surface area contributed by atoms with E-state index < -0.39 is 8.32 Å². The molecule has 0 aromatic heterocycles. The summed E-state index contributed by atoms with van der Waals surface area (Å²) >= 11 is 0. The molecule has 0 radical (unpaired) electrons. The summed E-state index contributed by atoms with van der Waals surface area (Å²) in [5.74, 6) is 0.455. The summed E-state index contributed by atoms with van der Waals surface area (Å²) in [4.78, 5) is 37.0. The van der Waals surface area contributed by atoms with Crippen LogP contribution in [0.2, 0.25) is 5.04 Å². The molecule has 5 nitrogen and oxygen atoms in total.